The Labute approximate surface area is 109 Å². The molecule has 1 aromatic carbocycles. The van der Waals surface area contributed by atoms with Crippen LogP contribution in [0, 0.1) is 5.41 Å². The van der Waals surface area contributed by atoms with E-state index in [1.54, 1.807) is 0 Å². The van der Waals surface area contributed by atoms with E-state index in [2.05, 4.69) is 33.9 Å². The average Bonchev–Trinajstić information content (AvgIpc) is 2.18. The molecule has 3 N–H and O–H groups in total. The fraction of sp³-hybridized carbons (Fsp3) is 0.571. The van der Waals surface area contributed by atoms with E-state index in [0.29, 0.717) is 5.41 Å². The molecule has 0 radical (unpaired) electrons. The van der Waals surface area contributed by atoms with Gasteiger partial charge in [0.2, 0.25) is 0 Å². The van der Waals surface area contributed by atoms with E-state index in [-0.39, 0.29) is 6.15 Å². The Morgan fingerprint density at radius 1 is 0.882 bits per heavy atom. The molecular weight excluding hydrogens is 226 g/mol. The van der Waals surface area contributed by atoms with Gasteiger partial charge in [-0.15, -0.1) is 0 Å². The molecule has 0 fully saturated rings. The fourth-order valence-electron chi connectivity index (χ4n) is 0.986. The normalized spacial score (nSPS) is 10.2. The molecule has 0 bridgehead atoms. The molecule has 0 unspecified atom stereocenters. The molecule has 0 atom stereocenters. The van der Waals surface area contributed by atoms with Crippen LogP contribution < -0.4 is 6.15 Å². The molecule has 0 spiro atoms. The van der Waals surface area contributed by atoms with E-state index in [1.807, 2.05) is 36.4 Å². The first kappa shape index (κ1) is 18.7. The standard InChI is InChI=1S/C8H20OSi.C6H6.H3N/c1-8(2,3)6-7-9-10(4)5;1-2-4-6-5-3-1;/h10H,6-7H2,1-5H3;1-6H;1H3. The molecule has 0 aliphatic carbocycles. The van der Waals surface area contributed by atoms with Gasteiger partial charge in [-0.2, -0.15) is 0 Å². The Balaban J connectivity index is 0. The zero-order valence-corrected chi connectivity index (χ0v) is 13.2. The van der Waals surface area contributed by atoms with E-state index in [9.17, 15) is 0 Å². The van der Waals surface area contributed by atoms with Gasteiger partial charge in [0.05, 0.1) is 0 Å². The molecular formula is C14H29NOSi. The lowest BCUT2D eigenvalue weighted by molar-refractivity contribution is 0.246. The van der Waals surface area contributed by atoms with Crippen molar-refractivity contribution >= 4 is 9.04 Å². The van der Waals surface area contributed by atoms with Gasteiger partial charge in [0.25, 0.3) is 0 Å². The second-order valence-electron chi connectivity index (χ2n) is 5.38. The van der Waals surface area contributed by atoms with Crippen LogP contribution in [0.25, 0.3) is 0 Å². The Hall–Kier alpha value is -0.643. The van der Waals surface area contributed by atoms with E-state index < -0.39 is 9.04 Å². The number of hydrogen-bond donors (Lipinski definition) is 1. The van der Waals surface area contributed by atoms with Gasteiger partial charge >= 0.3 is 0 Å². The molecule has 0 saturated heterocycles. The summed E-state index contributed by atoms with van der Waals surface area (Å²) >= 11 is 0. The van der Waals surface area contributed by atoms with Crippen molar-refractivity contribution in [1.82, 2.24) is 6.15 Å². The van der Waals surface area contributed by atoms with Crippen molar-refractivity contribution in [2.75, 3.05) is 6.61 Å². The quantitative estimate of drug-likeness (QED) is 0.820. The second kappa shape index (κ2) is 10.5. The van der Waals surface area contributed by atoms with Gasteiger partial charge in [-0.3, -0.25) is 0 Å². The third-order valence-corrected chi connectivity index (χ3v) is 2.87. The van der Waals surface area contributed by atoms with E-state index in [0.717, 1.165) is 6.61 Å². The summed E-state index contributed by atoms with van der Waals surface area (Å²) in [6.45, 7) is 12.1. The van der Waals surface area contributed by atoms with Crippen LogP contribution in [0.4, 0.5) is 0 Å². The molecule has 100 valence electrons. The summed E-state index contributed by atoms with van der Waals surface area (Å²) in [7, 11) is -0.760. The minimum Gasteiger partial charge on any atom is -0.421 e. The topological polar surface area (TPSA) is 44.2 Å². The van der Waals surface area contributed by atoms with Gasteiger partial charge in [-0.25, -0.2) is 0 Å². The zero-order chi connectivity index (χ0) is 12.4. The fourth-order valence-corrected chi connectivity index (χ4v) is 1.57. The van der Waals surface area contributed by atoms with Crippen LogP contribution in [-0.2, 0) is 4.43 Å². The maximum absolute atomic E-state index is 5.56. The number of rotatable bonds is 3. The van der Waals surface area contributed by atoms with Gasteiger partial charge < -0.3 is 10.6 Å². The minimum atomic E-state index is -0.760. The molecule has 3 heteroatoms. The summed E-state index contributed by atoms with van der Waals surface area (Å²) in [5.41, 5.74) is 0.434. The van der Waals surface area contributed by atoms with Gasteiger partial charge in [0.15, 0.2) is 9.04 Å². The number of benzene rings is 1. The Morgan fingerprint density at radius 2 is 1.24 bits per heavy atom. The van der Waals surface area contributed by atoms with Crippen molar-refractivity contribution in [2.45, 2.75) is 40.3 Å². The van der Waals surface area contributed by atoms with Crippen LogP contribution in [0.15, 0.2) is 36.4 Å². The predicted octanol–water partition coefficient (Wildman–Crippen LogP) is 4.27. The van der Waals surface area contributed by atoms with Gasteiger partial charge in [-0.1, -0.05) is 57.2 Å². The van der Waals surface area contributed by atoms with Crippen LogP contribution in [-0.4, -0.2) is 15.6 Å². The highest BCUT2D eigenvalue weighted by atomic mass is 28.3. The molecule has 1 rings (SSSR count). The first-order valence-electron chi connectivity index (χ1n) is 6.03. The van der Waals surface area contributed by atoms with Crippen molar-refractivity contribution in [1.29, 1.82) is 0 Å². The van der Waals surface area contributed by atoms with Gasteiger partial charge in [0, 0.05) is 6.61 Å². The monoisotopic (exact) mass is 255 g/mol. The van der Waals surface area contributed by atoms with Crippen LogP contribution in [0.3, 0.4) is 0 Å². The summed E-state index contributed by atoms with van der Waals surface area (Å²) < 4.78 is 5.56. The van der Waals surface area contributed by atoms with Crippen molar-refractivity contribution in [3.8, 4) is 0 Å². The lowest BCUT2D eigenvalue weighted by Crippen LogP contribution is -2.14. The van der Waals surface area contributed by atoms with Crippen molar-refractivity contribution < 1.29 is 4.43 Å². The maximum Gasteiger partial charge on any atom is 0.170 e. The summed E-state index contributed by atoms with van der Waals surface area (Å²) in [6.07, 6.45) is 1.18. The smallest absolute Gasteiger partial charge is 0.170 e. The van der Waals surface area contributed by atoms with Crippen LogP contribution in [0.1, 0.15) is 27.2 Å². The van der Waals surface area contributed by atoms with Crippen molar-refractivity contribution in [3.05, 3.63) is 36.4 Å². The SMILES string of the molecule is C[SiH](C)OCCC(C)(C)C.N.c1ccccc1. The second-order valence-corrected chi connectivity index (χ2v) is 7.82. The molecule has 0 amide bonds. The van der Waals surface area contributed by atoms with E-state index in [1.165, 1.54) is 6.42 Å². The third kappa shape index (κ3) is 17.9. The number of hydrogen-bond acceptors (Lipinski definition) is 2. The van der Waals surface area contributed by atoms with Gasteiger partial charge in [0.1, 0.15) is 0 Å². The molecule has 0 heterocycles. The van der Waals surface area contributed by atoms with Gasteiger partial charge in [-0.05, 0) is 24.9 Å². The largest absolute Gasteiger partial charge is 0.421 e. The van der Waals surface area contributed by atoms with Crippen LogP contribution in [0.5, 0.6) is 0 Å². The summed E-state index contributed by atoms with van der Waals surface area (Å²) in [5, 5.41) is 0. The molecule has 0 aliphatic heterocycles. The Morgan fingerprint density at radius 3 is 1.47 bits per heavy atom. The molecule has 0 aliphatic rings. The Kier molecular flexibility index (Phi) is 11.6. The molecule has 0 saturated carbocycles. The third-order valence-electron chi connectivity index (χ3n) is 1.97. The van der Waals surface area contributed by atoms with Crippen molar-refractivity contribution in [3.63, 3.8) is 0 Å². The highest BCUT2D eigenvalue weighted by molar-refractivity contribution is 6.48. The Bertz CT molecular complexity index is 217. The molecule has 2 nitrogen and oxygen atoms in total. The van der Waals surface area contributed by atoms with Crippen LogP contribution >= 0.6 is 0 Å². The first-order valence-corrected chi connectivity index (χ1v) is 8.81. The summed E-state index contributed by atoms with van der Waals surface area (Å²) in [4.78, 5) is 0. The lowest BCUT2D eigenvalue weighted by Gasteiger charge is -2.18. The van der Waals surface area contributed by atoms with E-state index >= 15 is 0 Å². The summed E-state index contributed by atoms with van der Waals surface area (Å²) in [5.74, 6) is 0. The van der Waals surface area contributed by atoms with E-state index in [4.69, 9.17) is 4.43 Å². The molecule has 17 heavy (non-hydrogen) atoms. The molecule has 0 aromatic heterocycles. The minimum absolute atomic E-state index is 0. The maximum atomic E-state index is 5.56. The zero-order valence-electron chi connectivity index (χ0n) is 12.1. The summed E-state index contributed by atoms with van der Waals surface area (Å²) in [6, 6.07) is 12.0. The predicted molar refractivity (Wildman–Crippen MR) is 80.4 cm³/mol. The first-order chi connectivity index (χ1) is 7.42. The average molecular weight is 255 g/mol. The lowest BCUT2D eigenvalue weighted by atomic mass is 9.93. The van der Waals surface area contributed by atoms with Crippen molar-refractivity contribution in [2.24, 2.45) is 5.41 Å². The van der Waals surface area contributed by atoms with Crippen LogP contribution in [0.2, 0.25) is 13.1 Å². The highest BCUT2D eigenvalue weighted by Gasteiger charge is 2.09. The highest BCUT2D eigenvalue weighted by Crippen LogP contribution is 2.17. The molecule has 1 aromatic rings.